The summed E-state index contributed by atoms with van der Waals surface area (Å²) in [6, 6.07) is 0. The Balaban J connectivity index is 1.43. The van der Waals surface area contributed by atoms with Crippen LogP contribution < -0.4 is 0 Å². The second kappa shape index (κ2) is 7.52. The standard InChI is InChI=1S/C19H32N2O4/c1-19(2,3)25-18(23)21-9-6-16(7-10-21)24-17(22)15-11-14-5-4-8-20(12-14)13-15/h14-16H,4-13H2,1-3H3. The smallest absolute Gasteiger partial charge is 0.410 e. The molecule has 0 aliphatic carbocycles. The van der Waals surface area contributed by atoms with E-state index in [1.54, 1.807) is 4.90 Å². The molecule has 3 aliphatic heterocycles. The molecule has 0 spiro atoms. The lowest BCUT2D eigenvalue weighted by molar-refractivity contribution is -0.159. The van der Waals surface area contributed by atoms with E-state index in [0.29, 0.717) is 31.8 Å². The number of carbonyl (C=O) groups is 2. The highest BCUT2D eigenvalue weighted by molar-refractivity contribution is 5.73. The highest BCUT2D eigenvalue weighted by atomic mass is 16.6. The largest absolute Gasteiger partial charge is 0.462 e. The molecule has 3 unspecified atom stereocenters. The molecule has 3 fully saturated rings. The van der Waals surface area contributed by atoms with Gasteiger partial charge in [0.1, 0.15) is 11.7 Å². The van der Waals surface area contributed by atoms with Crippen LogP contribution in [0.2, 0.25) is 0 Å². The molecule has 3 heterocycles. The molecule has 0 aromatic rings. The zero-order valence-corrected chi connectivity index (χ0v) is 15.8. The number of carbonyl (C=O) groups excluding carboxylic acids is 2. The molecule has 142 valence electrons. The molecule has 0 aromatic carbocycles. The number of hydrogen-bond donors (Lipinski definition) is 0. The van der Waals surface area contributed by atoms with Crippen LogP contribution in [0.5, 0.6) is 0 Å². The van der Waals surface area contributed by atoms with Gasteiger partial charge in [-0.05, 0) is 52.5 Å². The number of piperidine rings is 3. The summed E-state index contributed by atoms with van der Waals surface area (Å²) in [5, 5.41) is 0. The number of rotatable bonds is 2. The van der Waals surface area contributed by atoms with Crippen molar-refractivity contribution in [1.29, 1.82) is 0 Å². The molecule has 0 saturated carbocycles. The van der Waals surface area contributed by atoms with E-state index in [0.717, 1.165) is 26.1 Å². The first-order valence-electron chi connectivity index (χ1n) is 9.71. The third kappa shape index (κ3) is 5.09. The molecule has 0 N–H and O–H groups in total. The molecule has 6 heteroatoms. The Morgan fingerprint density at radius 2 is 1.72 bits per heavy atom. The van der Waals surface area contributed by atoms with Crippen LogP contribution in [-0.2, 0) is 14.3 Å². The van der Waals surface area contributed by atoms with Gasteiger partial charge in [-0.2, -0.15) is 0 Å². The number of hydrogen-bond acceptors (Lipinski definition) is 5. The molecule has 1 amide bonds. The Morgan fingerprint density at radius 1 is 1.00 bits per heavy atom. The first-order chi connectivity index (χ1) is 11.8. The minimum Gasteiger partial charge on any atom is -0.462 e. The van der Waals surface area contributed by atoms with Crippen LogP contribution in [0.3, 0.4) is 0 Å². The van der Waals surface area contributed by atoms with Crippen molar-refractivity contribution in [2.75, 3.05) is 32.7 Å². The topological polar surface area (TPSA) is 59.1 Å². The summed E-state index contributed by atoms with van der Waals surface area (Å²) < 4.78 is 11.2. The molecule has 0 radical (unpaired) electrons. The van der Waals surface area contributed by atoms with E-state index >= 15 is 0 Å². The summed E-state index contributed by atoms with van der Waals surface area (Å²) in [6.07, 6.45) is 4.54. The molecular formula is C19H32N2O4. The molecular weight excluding hydrogens is 320 g/mol. The van der Waals surface area contributed by atoms with E-state index < -0.39 is 5.60 Å². The molecule has 3 saturated heterocycles. The Hall–Kier alpha value is -1.30. The van der Waals surface area contributed by atoms with Crippen LogP contribution in [0.4, 0.5) is 4.79 Å². The van der Waals surface area contributed by atoms with E-state index in [4.69, 9.17) is 9.47 Å². The maximum absolute atomic E-state index is 12.5. The van der Waals surface area contributed by atoms with Crippen LogP contribution >= 0.6 is 0 Å². The minimum absolute atomic E-state index is 0.0305. The van der Waals surface area contributed by atoms with Gasteiger partial charge in [0.05, 0.1) is 5.92 Å². The summed E-state index contributed by atoms with van der Waals surface area (Å²) in [4.78, 5) is 28.8. The van der Waals surface area contributed by atoms with Crippen molar-refractivity contribution < 1.29 is 19.1 Å². The average Bonchev–Trinajstić information content (AvgIpc) is 2.53. The maximum atomic E-state index is 12.5. The highest BCUT2D eigenvalue weighted by Gasteiger charge is 2.36. The number of nitrogens with zero attached hydrogens (tertiary/aromatic N) is 2. The van der Waals surface area contributed by atoms with Crippen LogP contribution in [0.25, 0.3) is 0 Å². The molecule has 3 atom stereocenters. The van der Waals surface area contributed by atoms with Crippen molar-refractivity contribution in [2.24, 2.45) is 11.8 Å². The lowest BCUT2D eigenvalue weighted by Crippen LogP contribution is -2.48. The molecule has 0 aromatic heterocycles. The van der Waals surface area contributed by atoms with E-state index in [2.05, 4.69) is 4.90 Å². The van der Waals surface area contributed by atoms with Gasteiger partial charge in [-0.1, -0.05) is 0 Å². The van der Waals surface area contributed by atoms with E-state index in [1.807, 2.05) is 20.8 Å². The zero-order valence-electron chi connectivity index (χ0n) is 15.8. The van der Waals surface area contributed by atoms with Gasteiger partial charge < -0.3 is 19.3 Å². The van der Waals surface area contributed by atoms with Gasteiger partial charge in [-0.3, -0.25) is 4.79 Å². The lowest BCUT2D eigenvalue weighted by Gasteiger charge is -2.41. The summed E-state index contributed by atoms with van der Waals surface area (Å²) >= 11 is 0. The third-order valence-electron chi connectivity index (χ3n) is 5.41. The molecule has 3 aliphatic rings. The second-order valence-corrected chi connectivity index (χ2v) is 8.80. The zero-order chi connectivity index (χ0) is 18.0. The first-order valence-corrected chi connectivity index (χ1v) is 9.71. The van der Waals surface area contributed by atoms with Gasteiger partial charge in [0, 0.05) is 39.0 Å². The van der Waals surface area contributed by atoms with Crippen LogP contribution in [-0.4, -0.2) is 66.3 Å². The second-order valence-electron chi connectivity index (χ2n) is 8.80. The fourth-order valence-electron chi connectivity index (χ4n) is 4.21. The molecule has 6 nitrogen and oxygen atoms in total. The van der Waals surface area contributed by atoms with Crippen LogP contribution in [0.15, 0.2) is 0 Å². The molecule has 25 heavy (non-hydrogen) atoms. The van der Waals surface area contributed by atoms with Gasteiger partial charge in [0.25, 0.3) is 0 Å². The van der Waals surface area contributed by atoms with Gasteiger partial charge in [0.15, 0.2) is 0 Å². The fraction of sp³-hybridized carbons (Fsp3) is 0.895. The van der Waals surface area contributed by atoms with Crippen molar-refractivity contribution in [2.45, 2.75) is 64.6 Å². The number of ether oxygens (including phenoxy) is 2. The van der Waals surface area contributed by atoms with Crippen molar-refractivity contribution in [3.63, 3.8) is 0 Å². The Bertz CT molecular complexity index is 482. The SMILES string of the molecule is CC(C)(C)OC(=O)N1CCC(OC(=O)C2CC3CCCN(C3)C2)CC1. The van der Waals surface area contributed by atoms with E-state index in [-0.39, 0.29) is 24.1 Å². The van der Waals surface area contributed by atoms with Crippen molar-refractivity contribution in [3.05, 3.63) is 0 Å². The lowest BCUT2D eigenvalue weighted by atomic mass is 9.83. The molecule has 3 rings (SSSR count). The summed E-state index contributed by atoms with van der Waals surface area (Å²) in [6.45, 7) is 9.91. The number of amides is 1. The quantitative estimate of drug-likeness (QED) is 0.715. The number of fused-ring (bicyclic) bond motifs is 2. The predicted molar refractivity (Wildman–Crippen MR) is 94.2 cm³/mol. The summed E-state index contributed by atoms with van der Waals surface area (Å²) in [7, 11) is 0. The Labute approximate surface area is 150 Å². The minimum atomic E-state index is -0.477. The maximum Gasteiger partial charge on any atom is 0.410 e. The normalized spacial score (nSPS) is 30.7. The van der Waals surface area contributed by atoms with E-state index in [9.17, 15) is 9.59 Å². The van der Waals surface area contributed by atoms with Gasteiger partial charge in [-0.25, -0.2) is 4.79 Å². The van der Waals surface area contributed by atoms with Gasteiger partial charge in [-0.15, -0.1) is 0 Å². The van der Waals surface area contributed by atoms with Crippen LogP contribution in [0.1, 0.15) is 52.9 Å². The van der Waals surface area contributed by atoms with Crippen molar-refractivity contribution >= 4 is 12.1 Å². The monoisotopic (exact) mass is 352 g/mol. The third-order valence-corrected chi connectivity index (χ3v) is 5.41. The number of likely N-dealkylation sites (tertiary alicyclic amines) is 1. The van der Waals surface area contributed by atoms with Gasteiger partial charge >= 0.3 is 12.1 Å². The van der Waals surface area contributed by atoms with Crippen molar-refractivity contribution in [3.8, 4) is 0 Å². The predicted octanol–water partition coefficient (Wildman–Crippen LogP) is 2.66. The molecule has 2 bridgehead atoms. The Morgan fingerprint density at radius 3 is 2.36 bits per heavy atom. The first kappa shape index (κ1) is 18.5. The highest BCUT2D eigenvalue weighted by Crippen LogP contribution is 2.31. The summed E-state index contributed by atoms with van der Waals surface area (Å²) in [5.74, 6) is 0.657. The van der Waals surface area contributed by atoms with Gasteiger partial charge in [0.2, 0.25) is 0 Å². The average molecular weight is 352 g/mol. The van der Waals surface area contributed by atoms with Crippen molar-refractivity contribution in [1.82, 2.24) is 9.80 Å². The number of esters is 1. The van der Waals surface area contributed by atoms with E-state index in [1.165, 1.54) is 12.8 Å². The summed E-state index contributed by atoms with van der Waals surface area (Å²) in [5.41, 5.74) is -0.477. The van der Waals surface area contributed by atoms with Crippen LogP contribution in [0, 0.1) is 11.8 Å². The Kier molecular flexibility index (Phi) is 5.56. The fourth-order valence-corrected chi connectivity index (χ4v) is 4.21.